The van der Waals surface area contributed by atoms with Crippen molar-refractivity contribution in [3.63, 3.8) is 0 Å². The van der Waals surface area contributed by atoms with Gasteiger partial charge in [-0.05, 0) is 43.2 Å². The zero-order chi connectivity index (χ0) is 23.2. The third-order valence-corrected chi connectivity index (χ3v) is 5.40. The fraction of sp³-hybridized carbons (Fsp3) is 0.280. The highest BCUT2D eigenvalue weighted by atomic mass is 16.7. The fourth-order valence-electron chi connectivity index (χ4n) is 3.68. The third-order valence-electron chi connectivity index (χ3n) is 5.40. The number of carbonyl (C=O) groups excluding carboxylic acids is 1. The van der Waals surface area contributed by atoms with Crippen molar-refractivity contribution in [3.8, 4) is 5.75 Å². The predicted octanol–water partition coefficient (Wildman–Crippen LogP) is 3.64. The molecule has 2 heterocycles. The number of ether oxygens (including phenoxy) is 2. The maximum Gasteiger partial charge on any atom is 0.290 e. The molecule has 0 bridgehead atoms. The smallest absolute Gasteiger partial charge is 0.290 e. The second-order valence-electron chi connectivity index (χ2n) is 7.71. The Kier molecular flexibility index (Phi) is 7.07. The highest BCUT2D eigenvalue weighted by molar-refractivity contribution is 6.03. The van der Waals surface area contributed by atoms with Crippen LogP contribution in [0.25, 0.3) is 11.0 Å². The van der Waals surface area contributed by atoms with Gasteiger partial charge in [0, 0.05) is 24.5 Å². The van der Waals surface area contributed by atoms with E-state index in [0.717, 1.165) is 0 Å². The average Bonchev–Trinajstić information content (AvgIpc) is 2.83. The average molecular weight is 451 g/mol. The van der Waals surface area contributed by atoms with Gasteiger partial charge in [0.05, 0.1) is 23.9 Å². The molecule has 0 saturated carbocycles. The van der Waals surface area contributed by atoms with Crippen molar-refractivity contribution in [1.29, 1.82) is 0 Å². The molecule has 0 fully saturated rings. The van der Waals surface area contributed by atoms with Crippen LogP contribution in [0.3, 0.4) is 0 Å². The Hall–Kier alpha value is -3.62. The molecule has 8 heteroatoms. The van der Waals surface area contributed by atoms with E-state index in [4.69, 9.17) is 19.0 Å². The molecule has 4 rings (SSSR count). The number of anilines is 1. The molecule has 0 aliphatic carbocycles. The predicted molar refractivity (Wildman–Crippen MR) is 122 cm³/mol. The van der Waals surface area contributed by atoms with Gasteiger partial charge in [0.1, 0.15) is 11.3 Å². The number of phenolic OH excluding ortho intramolecular Hbond substituents is 1. The second kappa shape index (κ2) is 10.3. The lowest BCUT2D eigenvalue weighted by molar-refractivity contribution is -0.143. The summed E-state index contributed by atoms with van der Waals surface area (Å²) in [5, 5.41) is 22.0. The number of phenols is 1. The normalized spacial score (nSPS) is 17.9. The van der Waals surface area contributed by atoms with Gasteiger partial charge in [0.25, 0.3) is 5.91 Å². The number of benzene rings is 2. The maximum absolute atomic E-state index is 13.1. The van der Waals surface area contributed by atoms with E-state index < -0.39 is 18.1 Å². The number of para-hydroxylation sites is 3. The number of amides is 1. The topological polar surface area (TPSA) is 118 Å². The minimum Gasteiger partial charge on any atom is -0.506 e. The van der Waals surface area contributed by atoms with Gasteiger partial charge in [-0.25, -0.2) is 0 Å². The van der Waals surface area contributed by atoms with Crippen LogP contribution in [-0.2, 0) is 14.3 Å². The zero-order valence-electron chi connectivity index (χ0n) is 17.9. The van der Waals surface area contributed by atoms with Gasteiger partial charge < -0.3 is 29.4 Å². The molecule has 1 aliphatic heterocycles. The van der Waals surface area contributed by atoms with E-state index in [1.165, 1.54) is 12.3 Å². The fourth-order valence-corrected chi connectivity index (χ4v) is 3.68. The first-order valence-electron chi connectivity index (χ1n) is 10.8. The summed E-state index contributed by atoms with van der Waals surface area (Å²) in [6.07, 6.45) is 3.75. The Morgan fingerprint density at radius 1 is 1.12 bits per heavy atom. The Labute approximate surface area is 190 Å². The minimum atomic E-state index is -0.769. The van der Waals surface area contributed by atoms with Crippen molar-refractivity contribution in [2.75, 3.05) is 18.5 Å². The van der Waals surface area contributed by atoms with Crippen LogP contribution >= 0.6 is 0 Å². The lowest BCUT2D eigenvalue weighted by atomic mass is 9.93. The van der Waals surface area contributed by atoms with Crippen LogP contribution in [0.4, 0.5) is 5.69 Å². The Bertz CT molecular complexity index is 1220. The van der Waals surface area contributed by atoms with E-state index in [2.05, 4.69) is 5.32 Å². The largest absolute Gasteiger partial charge is 0.506 e. The van der Waals surface area contributed by atoms with Crippen molar-refractivity contribution < 1.29 is 28.9 Å². The monoisotopic (exact) mass is 451 g/mol. The third kappa shape index (κ3) is 5.24. The molecule has 33 heavy (non-hydrogen) atoms. The molecule has 3 N–H and O–H groups in total. The molecule has 1 aliphatic rings. The molecule has 0 spiro atoms. The van der Waals surface area contributed by atoms with Crippen molar-refractivity contribution in [3.05, 3.63) is 82.4 Å². The summed E-state index contributed by atoms with van der Waals surface area (Å²) in [7, 11) is 0. The summed E-state index contributed by atoms with van der Waals surface area (Å²) in [4.78, 5) is 26.0. The van der Waals surface area contributed by atoms with E-state index in [-0.39, 0.29) is 29.2 Å². The van der Waals surface area contributed by atoms with E-state index in [1.54, 1.807) is 48.5 Å². The molecule has 1 aromatic heterocycles. The molecule has 3 aromatic rings. The van der Waals surface area contributed by atoms with Crippen LogP contribution < -0.4 is 10.7 Å². The van der Waals surface area contributed by atoms with Crippen LogP contribution in [0.2, 0.25) is 0 Å². The number of aliphatic hydroxyl groups excluding tert-OH is 1. The van der Waals surface area contributed by atoms with Crippen molar-refractivity contribution >= 4 is 22.6 Å². The number of hydrogen-bond acceptors (Lipinski definition) is 7. The van der Waals surface area contributed by atoms with Crippen LogP contribution in [0.1, 0.15) is 30.7 Å². The summed E-state index contributed by atoms with van der Waals surface area (Å²) in [5.41, 5.74) is 0.935. The van der Waals surface area contributed by atoms with Gasteiger partial charge in [-0.1, -0.05) is 24.3 Å². The van der Waals surface area contributed by atoms with Gasteiger partial charge in [0.15, 0.2) is 11.2 Å². The van der Waals surface area contributed by atoms with E-state index in [1.807, 2.05) is 0 Å². The molecule has 2 aromatic carbocycles. The summed E-state index contributed by atoms with van der Waals surface area (Å²) < 4.78 is 17.2. The standard InChI is InChI=1S/C25H25NO7/c27-11-5-6-12-31-23-14-16(18-15-32-21-10-4-1-7-17(21)24(18)29)13-22(33-23)25(30)26-19-8-2-3-9-20(19)28/h1-4,7-10,13,15-16,23,27-28H,5-6,11-12,14H2,(H,26,30)/t16-,23+/m0/s1. The molecule has 2 atom stereocenters. The van der Waals surface area contributed by atoms with E-state index >= 15 is 0 Å². The SMILES string of the molecule is O=C(Nc1ccccc1O)C1=C[C@H](c2coc3ccccc3c2=O)C[C@H](OCCCCO)O1. The number of fused-ring (bicyclic) bond motifs is 1. The molecular weight excluding hydrogens is 426 g/mol. The first kappa shape index (κ1) is 22.6. The second-order valence-corrected chi connectivity index (χ2v) is 7.71. The number of aliphatic hydroxyl groups is 1. The van der Waals surface area contributed by atoms with Gasteiger partial charge in [0.2, 0.25) is 6.29 Å². The maximum atomic E-state index is 13.1. The molecule has 8 nitrogen and oxygen atoms in total. The highest BCUT2D eigenvalue weighted by Gasteiger charge is 2.31. The van der Waals surface area contributed by atoms with Crippen molar-refractivity contribution in [2.45, 2.75) is 31.5 Å². The van der Waals surface area contributed by atoms with E-state index in [0.29, 0.717) is 42.4 Å². The first-order chi connectivity index (χ1) is 16.1. The lowest BCUT2D eigenvalue weighted by Gasteiger charge is -2.29. The molecular formula is C25H25NO7. The quantitative estimate of drug-likeness (QED) is 0.353. The van der Waals surface area contributed by atoms with Crippen LogP contribution in [-0.4, -0.2) is 35.6 Å². The number of hydrogen-bond donors (Lipinski definition) is 3. The van der Waals surface area contributed by atoms with Crippen LogP contribution in [0.15, 0.2) is 75.8 Å². The number of allylic oxidation sites excluding steroid dienone is 1. The van der Waals surface area contributed by atoms with Crippen molar-refractivity contribution in [1.82, 2.24) is 0 Å². The van der Waals surface area contributed by atoms with Crippen LogP contribution in [0.5, 0.6) is 5.75 Å². The van der Waals surface area contributed by atoms with Gasteiger partial charge in [-0.3, -0.25) is 9.59 Å². The Balaban J connectivity index is 1.63. The minimum absolute atomic E-state index is 0.0192. The number of unbranched alkanes of at least 4 members (excludes halogenated alkanes) is 1. The number of rotatable bonds is 8. The summed E-state index contributed by atoms with van der Waals surface area (Å²) in [6, 6.07) is 13.3. The van der Waals surface area contributed by atoms with Crippen LogP contribution in [0, 0.1) is 0 Å². The molecule has 172 valence electrons. The van der Waals surface area contributed by atoms with Gasteiger partial charge in [-0.2, -0.15) is 0 Å². The first-order valence-corrected chi connectivity index (χ1v) is 10.8. The lowest BCUT2D eigenvalue weighted by Crippen LogP contribution is -2.31. The Morgan fingerprint density at radius 3 is 2.73 bits per heavy atom. The van der Waals surface area contributed by atoms with Gasteiger partial charge >= 0.3 is 0 Å². The Morgan fingerprint density at radius 2 is 1.91 bits per heavy atom. The molecule has 0 saturated heterocycles. The number of nitrogens with one attached hydrogen (secondary N) is 1. The number of carbonyl (C=O) groups is 1. The highest BCUT2D eigenvalue weighted by Crippen LogP contribution is 2.32. The van der Waals surface area contributed by atoms with Gasteiger partial charge in [-0.15, -0.1) is 0 Å². The van der Waals surface area contributed by atoms with E-state index in [9.17, 15) is 14.7 Å². The summed E-state index contributed by atoms with van der Waals surface area (Å²) >= 11 is 0. The molecule has 1 amide bonds. The molecule has 0 radical (unpaired) electrons. The molecule has 0 unspecified atom stereocenters. The summed E-state index contributed by atoms with van der Waals surface area (Å²) in [5.74, 6) is -1.15. The van der Waals surface area contributed by atoms with Crippen molar-refractivity contribution in [2.24, 2.45) is 0 Å². The zero-order valence-corrected chi connectivity index (χ0v) is 17.9. The number of aromatic hydroxyl groups is 1. The summed E-state index contributed by atoms with van der Waals surface area (Å²) in [6.45, 7) is 0.391.